The van der Waals surface area contributed by atoms with Gasteiger partial charge in [0.2, 0.25) is 0 Å². The summed E-state index contributed by atoms with van der Waals surface area (Å²) in [6.45, 7) is 13.0. The van der Waals surface area contributed by atoms with Crippen molar-refractivity contribution in [2.75, 3.05) is 32.8 Å². The Balaban J connectivity index is 1.89. The van der Waals surface area contributed by atoms with Gasteiger partial charge >= 0.3 is 0 Å². The highest BCUT2D eigenvalue weighted by Gasteiger charge is 2.41. The van der Waals surface area contributed by atoms with Gasteiger partial charge in [0.15, 0.2) is 0 Å². The normalized spacial score (nSPS) is 37.0. The number of aliphatic hydroxyl groups excluding tert-OH is 1. The van der Waals surface area contributed by atoms with Crippen LogP contribution in [0.4, 0.5) is 0 Å². The lowest BCUT2D eigenvalue weighted by Crippen LogP contribution is -2.54. The van der Waals surface area contributed by atoms with Crippen LogP contribution in [0.3, 0.4) is 0 Å². The van der Waals surface area contributed by atoms with Gasteiger partial charge in [0.1, 0.15) is 0 Å². The molecule has 2 fully saturated rings. The maximum atomic E-state index is 9.88. The number of rotatable bonds is 6. The zero-order valence-electron chi connectivity index (χ0n) is 14.3. The molecule has 0 aromatic heterocycles. The molecule has 4 nitrogen and oxygen atoms in total. The topological polar surface area (TPSA) is 44.7 Å². The van der Waals surface area contributed by atoms with Gasteiger partial charge in [-0.1, -0.05) is 13.3 Å². The predicted molar refractivity (Wildman–Crippen MR) is 86.5 cm³/mol. The van der Waals surface area contributed by atoms with Crippen molar-refractivity contribution >= 4 is 0 Å². The zero-order valence-corrected chi connectivity index (χ0v) is 14.3. The van der Waals surface area contributed by atoms with E-state index in [9.17, 15) is 5.11 Å². The summed E-state index contributed by atoms with van der Waals surface area (Å²) in [4.78, 5) is 2.54. The zero-order chi connectivity index (χ0) is 15.5. The molecule has 0 aromatic rings. The van der Waals surface area contributed by atoms with Crippen LogP contribution in [-0.4, -0.2) is 60.0 Å². The highest BCUT2D eigenvalue weighted by atomic mass is 16.5. The standard InChI is InChI=1S/C17H34N2O2/c1-5-18-17(13-20)9-6-7-15(17)8-10-19-11-14(2)21-16(3,4)12-19/h14-15,18,20H,5-13H2,1-4H3. The van der Waals surface area contributed by atoms with Crippen LogP contribution in [-0.2, 0) is 4.74 Å². The fraction of sp³-hybridized carbons (Fsp3) is 1.00. The van der Waals surface area contributed by atoms with Crippen LogP contribution in [0.1, 0.15) is 53.4 Å². The monoisotopic (exact) mass is 298 g/mol. The maximum absolute atomic E-state index is 9.88. The Morgan fingerprint density at radius 2 is 2.14 bits per heavy atom. The Morgan fingerprint density at radius 1 is 1.38 bits per heavy atom. The number of nitrogens with one attached hydrogen (secondary N) is 1. The molecule has 0 amide bonds. The van der Waals surface area contributed by atoms with Gasteiger partial charge in [0.25, 0.3) is 0 Å². The van der Waals surface area contributed by atoms with Gasteiger partial charge < -0.3 is 15.2 Å². The smallest absolute Gasteiger partial charge is 0.0757 e. The molecule has 1 aliphatic carbocycles. The Hall–Kier alpha value is -0.160. The minimum absolute atomic E-state index is 0.0256. The molecule has 3 atom stereocenters. The summed E-state index contributed by atoms with van der Waals surface area (Å²) in [6.07, 6.45) is 5.09. The molecule has 2 aliphatic rings. The largest absolute Gasteiger partial charge is 0.394 e. The number of hydrogen-bond donors (Lipinski definition) is 2. The first-order chi connectivity index (χ1) is 9.91. The molecule has 2 rings (SSSR count). The van der Waals surface area contributed by atoms with Crippen molar-refractivity contribution in [3.05, 3.63) is 0 Å². The summed E-state index contributed by atoms with van der Waals surface area (Å²) in [5.41, 5.74) is -0.0642. The van der Waals surface area contributed by atoms with Gasteiger partial charge in [-0.05, 0) is 59.0 Å². The Kier molecular flexibility index (Phi) is 5.69. The summed E-state index contributed by atoms with van der Waals surface area (Å²) >= 11 is 0. The Labute approximate surface area is 130 Å². The number of morpholine rings is 1. The average molecular weight is 298 g/mol. The molecule has 1 aliphatic heterocycles. The molecule has 0 spiro atoms. The van der Waals surface area contributed by atoms with Gasteiger partial charge in [-0.3, -0.25) is 4.90 Å². The van der Waals surface area contributed by atoms with Crippen molar-refractivity contribution in [3.63, 3.8) is 0 Å². The number of ether oxygens (including phenoxy) is 1. The van der Waals surface area contributed by atoms with Gasteiger partial charge in [-0.2, -0.15) is 0 Å². The van der Waals surface area contributed by atoms with Crippen molar-refractivity contribution < 1.29 is 9.84 Å². The second-order valence-electron chi connectivity index (χ2n) is 7.65. The maximum Gasteiger partial charge on any atom is 0.0757 e. The minimum Gasteiger partial charge on any atom is -0.394 e. The van der Waals surface area contributed by atoms with Gasteiger partial charge in [-0.25, -0.2) is 0 Å². The summed E-state index contributed by atoms with van der Waals surface area (Å²) in [5, 5.41) is 13.5. The third kappa shape index (κ3) is 4.19. The Morgan fingerprint density at radius 3 is 2.76 bits per heavy atom. The SMILES string of the molecule is CCNC1(CO)CCCC1CCN1CC(C)OC(C)(C)C1. The molecule has 124 valence electrons. The fourth-order valence-corrected chi connectivity index (χ4v) is 4.51. The summed E-state index contributed by atoms with van der Waals surface area (Å²) < 4.78 is 5.98. The summed E-state index contributed by atoms with van der Waals surface area (Å²) in [6, 6.07) is 0. The summed E-state index contributed by atoms with van der Waals surface area (Å²) in [7, 11) is 0. The lowest BCUT2D eigenvalue weighted by atomic mass is 9.85. The molecule has 4 heteroatoms. The number of likely N-dealkylation sites (N-methyl/N-ethyl adjacent to an activating group) is 1. The van der Waals surface area contributed by atoms with E-state index in [0.29, 0.717) is 12.0 Å². The third-order valence-corrected chi connectivity index (χ3v) is 5.20. The Bertz CT molecular complexity index is 335. The van der Waals surface area contributed by atoms with E-state index in [4.69, 9.17) is 4.74 Å². The van der Waals surface area contributed by atoms with Crippen LogP contribution in [0.25, 0.3) is 0 Å². The lowest BCUT2D eigenvalue weighted by molar-refractivity contribution is -0.129. The van der Waals surface area contributed by atoms with E-state index in [1.165, 1.54) is 19.3 Å². The van der Waals surface area contributed by atoms with Gasteiger partial charge in [-0.15, -0.1) is 0 Å². The number of nitrogens with zero attached hydrogens (tertiary/aromatic N) is 1. The van der Waals surface area contributed by atoms with Crippen LogP contribution < -0.4 is 5.32 Å². The van der Waals surface area contributed by atoms with E-state index >= 15 is 0 Å². The molecule has 21 heavy (non-hydrogen) atoms. The first-order valence-electron chi connectivity index (χ1n) is 8.67. The molecule has 1 saturated heterocycles. The third-order valence-electron chi connectivity index (χ3n) is 5.20. The minimum atomic E-state index is -0.0386. The van der Waals surface area contributed by atoms with Crippen LogP contribution in [0.5, 0.6) is 0 Å². The van der Waals surface area contributed by atoms with E-state index in [-0.39, 0.29) is 17.7 Å². The number of aliphatic hydroxyl groups is 1. The molecule has 0 bridgehead atoms. The molecule has 0 aromatic carbocycles. The molecular formula is C17H34N2O2. The first kappa shape index (κ1) is 17.2. The fourth-order valence-electron chi connectivity index (χ4n) is 4.51. The van der Waals surface area contributed by atoms with Crippen molar-refractivity contribution in [1.29, 1.82) is 0 Å². The van der Waals surface area contributed by atoms with Crippen molar-refractivity contribution in [3.8, 4) is 0 Å². The quantitative estimate of drug-likeness (QED) is 0.787. The van der Waals surface area contributed by atoms with E-state index in [2.05, 4.69) is 37.9 Å². The van der Waals surface area contributed by atoms with Crippen LogP contribution in [0.2, 0.25) is 0 Å². The lowest BCUT2D eigenvalue weighted by Gasteiger charge is -2.43. The van der Waals surface area contributed by atoms with Crippen molar-refractivity contribution in [2.24, 2.45) is 5.92 Å². The molecule has 1 heterocycles. The predicted octanol–water partition coefficient (Wildman–Crippen LogP) is 2.02. The molecule has 1 saturated carbocycles. The molecule has 3 unspecified atom stereocenters. The van der Waals surface area contributed by atoms with Gasteiger partial charge in [0.05, 0.1) is 18.3 Å². The molecule has 2 N–H and O–H groups in total. The highest BCUT2D eigenvalue weighted by molar-refractivity contribution is 4.99. The van der Waals surface area contributed by atoms with Crippen LogP contribution in [0, 0.1) is 5.92 Å². The summed E-state index contributed by atoms with van der Waals surface area (Å²) in [5.74, 6) is 0.601. The molecular weight excluding hydrogens is 264 g/mol. The van der Waals surface area contributed by atoms with Gasteiger partial charge in [0, 0.05) is 18.6 Å². The van der Waals surface area contributed by atoms with E-state index in [1.807, 2.05) is 0 Å². The van der Waals surface area contributed by atoms with Crippen LogP contribution >= 0.6 is 0 Å². The van der Waals surface area contributed by atoms with Crippen molar-refractivity contribution in [2.45, 2.75) is 70.6 Å². The highest BCUT2D eigenvalue weighted by Crippen LogP contribution is 2.38. The first-order valence-corrected chi connectivity index (χ1v) is 8.67. The average Bonchev–Trinajstić information content (AvgIpc) is 2.78. The van der Waals surface area contributed by atoms with E-state index < -0.39 is 0 Å². The van der Waals surface area contributed by atoms with E-state index in [0.717, 1.165) is 32.6 Å². The van der Waals surface area contributed by atoms with E-state index in [1.54, 1.807) is 0 Å². The van der Waals surface area contributed by atoms with Crippen LogP contribution in [0.15, 0.2) is 0 Å². The second kappa shape index (κ2) is 6.95. The second-order valence-corrected chi connectivity index (χ2v) is 7.65. The van der Waals surface area contributed by atoms with Crippen molar-refractivity contribution in [1.82, 2.24) is 10.2 Å². The molecule has 0 radical (unpaired) electrons. The number of hydrogen-bond acceptors (Lipinski definition) is 4.